The third-order valence-electron chi connectivity index (χ3n) is 1.69. The second-order valence-corrected chi connectivity index (χ2v) is 3.23. The fourth-order valence-electron chi connectivity index (χ4n) is 0.796. The smallest absolute Gasteiger partial charge is 0.236 e. The lowest BCUT2D eigenvalue weighted by Crippen LogP contribution is -2.40. The minimum Gasteiger partial charge on any atom is -0.383 e. The molecule has 0 aromatic rings. The van der Waals surface area contributed by atoms with Crippen LogP contribution < -0.4 is 10.6 Å². The molecule has 0 aliphatic heterocycles. The average molecular weight is 217 g/mol. The Morgan fingerprint density at radius 3 is 2.47 bits per heavy atom. The lowest BCUT2D eigenvalue weighted by Gasteiger charge is -2.10. The predicted molar refractivity (Wildman–Crippen MR) is 56.4 cm³/mol. The molecular weight excluding hydrogens is 198 g/mol. The summed E-state index contributed by atoms with van der Waals surface area (Å²) in [6.45, 7) is 1.29. The van der Waals surface area contributed by atoms with Crippen molar-refractivity contribution < 1.29 is 14.3 Å². The topological polar surface area (TPSA) is 70.7 Å². The molecule has 0 saturated heterocycles. The maximum Gasteiger partial charge on any atom is 0.236 e. The quantitative estimate of drug-likeness (QED) is 0.505. The van der Waals surface area contributed by atoms with E-state index >= 15 is 0 Å². The van der Waals surface area contributed by atoms with Crippen LogP contribution in [0.1, 0.15) is 0 Å². The Morgan fingerprint density at radius 2 is 1.93 bits per heavy atom. The maximum absolute atomic E-state index is 11.1. The third kappa shape index (κ3) is 7.90. The Hall–Kier alpha value is -1.14. The molecule has 0 unspecified atom stereocenters. The molecule has 0 spiro atoms. The minimum absolute atomic E-state index is 0.0558. The number of nitrogens with one attached hydrogen (secondary N) is 2. The monoisotopic (exact) mass is 217 g/mol. The van der Waals surface area contributed by atoms with Gasteiger partial charge in [0, 0.05) is 27.7 Å². The lowest BCUT2D eigenvalue weighted by molar-refractivity contribution is -0.127. The minimum atomic E-state index is -0.140. The average Bonchev–Trinajstić information content (AvgIpc) is 2.18. The number of methoxy groups -OCH3 is 1. The van der Waals surface area contributed by atoms with E-state index in [-0.39, 0.29) is 24.9 Å². The van der Waals surface area contributed by atoms with Crippen LogP contribution in [0.15, 0.2) is 0 Å². The molecule has 0 fully saturated rings. The Bertz CT molecular complexity index is 207. The summed E-state index contributed by atoms with van der Waals surface area (Å²) >= 11 is 0. The Balaban J connectivity index is 3.42. The van der Waals surface area contributed by atoms with Crippen molar-refractivity contribution in [3.05, 3.63) is 0 Å². The lowest BCUT2D eigenvalue weighted by atomic mass is 10.5. The summed E-state index contributed by atoms with van der Waals surface area (Å²) in [5.74, 6) is -0.196. The van der Waals surface area contributed by atoms with Crippen LogP contribution in [0.3, 0.4) is 0 Å². The molecule has 0 atom stereocenters. The van der Waals surface area contributed by atoms with E-state index < -0.39 is 0 Å². The molecule has 0 aromatic heterocycles. The fraction of sp³-hybridized carbons (Fsp3) is 0.778. The van der Waals surface area contributed by atoms with Gasteiger partial charge in [-0.1, -0.05) is 0 Å². The highest BCUT2D eigenvalue weighted by Crippen LogP contribution is 1.75. The molecule has 2 N–H and O–H groups in total. The molecule has 0 radical (unpaired) electrons. The van der Waals surface area contributed by atoms with Gasteiger partial charge in [-0.15, -0.1) is 0 Å². The SMILES string of the molecule is COCCNC(=O)CNCC(=O)N(C)C. The van der Waals surface area contributed by atoms with Crippen LogP contribution in [-0.4, -0.2) is 64.2 Å². The summed E-state index contributed by atoms with van der Waals surface area (Å²) in [7, 11) is 4.91. The summed E-state index contributed by atoms with van der Waals surface area (Å²) in [4.78, 5) is 23.7. The molecule has 0 aliphatic rings. The molecule has 15 heavy (non-hydrogen) atoms. The van der Waals surface area contributed by atoms with E-state index in [1.54, 1.807) is 21.2 Å². The second kappa shape index (κ2) is 8.19. The van der Waals surface area contributed by atoms with Crippen molar-refractivity contribution in [3.63, 3.8) is 0 Å². The normalized spacial score (nSPS) is 9.80. The summed E-state index contributed by atoms with van der Waals surface area (Å²) in [5.41, 5.74) is 0. The molecule has 0 aromatic carbocycles. The van der Waals surface area contributed by atoms with E-state index in [0.29, 0.717) is 13.2 Å². The van der Waals surface area contributed by atoms with E-state index in [9.17, 15) is 9.59 Å². The van der Waals surface area contributed by atoms with E-state index in [2.05, 4.69) is 10.6 Å². The van der Waals surface area contributed by atoms with Crippen molar-refractivity contribution in [2.75, 3.05) is 47.4 Å². The highest BCUT2D eigenvalue weighted by atomic mass is 16.5. The Kier molecular flexibility index (Phi) is 7.57. The Labute approximate surface area is 90.0 Å². The van der Waals surface area contributed by atoms with Gasteiger partial charge in [-0.25, -0.2) is 0 Å². The number of carbonyl (C=O) groups is 2. The zero-order valence-electron chi connectivity index (χ0n) is 9.50. The molecule has 2 amide bonds. The summed E-state index contributed by atoms with van der Waals surface area (Å²) < 4.78 is 4.77. The van der Waals surface area contributed by atoms with Gasteiger partial charge in [0.15, 0.2) is 0 Å². The Morgan fingerprint density at radius 1 is 1.27 bits per heavy atom. The number of amides is 2. The first-order valence-electron chi connectivity index (χ1n) is 4.74. The first-order valence-corrected chi connectivity index (χ1v) is 4.74. The molecule has 0 aliphatic carbocycles. The van der Waals surface area contributed by atoms with E-state index in [1.807, 2.05) is 0 Å². The number of nitrogens with zero attached hydrogens (tertiary/aromatic N) is 1. The highest BCUT2D eigenvalue weighted by Gasteiger charge is 2.04. The number of likely N-dealkylation sites (N-methyl/N-ethyl adjacent to an activating group) is 1. The van der Waals surface area contributed by atoms with Gasteiger partial charge in [-0.05, 0) is 0 Å². The first-order chi connectivity index (χ1) is 7.07. The van der Waals surface area contributed by atoms with Gasteiger partial charge in [-0.2, -0.15) is 0 Å². The molecule has 88 valence electrons. The maximum atomic E-state index is 11.1. The van der Waals surface area contributed by atoms with Crippen LogP contribution in [0.2, 0.25) is 0 Å². The van der Waals surface area contributed by atoms with Crippen LogP contribution in [0.4, 0.5) is 0 Å². The zero-order chi connectivity index (χ0) is 11.7. The van der Waals surface area contributed by atoms with Gasteiger partial charge >= 0.3 is 0 Å². The van der Waals surface area contributed by atoms with Crippen molar-refractivity contribution >= 4 is 11.8 Å². The standard InChI is InChI=1S/C9H19N3O3/c1-12(2)9(14)7-10-6-8(13)11-4-5-15-3/h10H,4-7H2,1-3H3,(H,11,13). The van der Waals surface area contributed by atoms with Crippen LogP contribution in [0.25, 0.3) is 0 Å². The van der Waals surface area contributed by atoms with Gasteiger partial charge in [0.1, 0.15) is 0 Å². The molecular formula is C9H19N3O3. The number of ether oxygens (including phenoxy) is 1. The molecule has 6 heteroatoms. The van der Waals surface area contributed by atoms with Crippen molar-refractivity contribution in [1.29, 1.82) is 0 Å². The van der Waals surface area contributed by atoms with Crippen LogP contribution in [-0.2, 0) is 14.3 Å². The van der Waals surface area contributed by atoms with Gasteiger partial charge in [0.2, 0.25) is 11.8 Å². The molecule has 6 nitrogen and oxygen atoms in total. The molecule has 0 saturated carbocycles. The van der Waals surface area contributed by atoms with Crippen LogP contribution in [0, 0.1) is 0 Å². The number of hydrogen-bond donors (Lipinski definition) is 2. The summed E-state index contributed by atoms with van der Waals surface area (Å²) in [6.07, 6.45) is 0. The van der Waals surface area contributed by atoms with Crippen molar-refractivity contribution in [1.82, 2.24) is 15.5 Å². The summed E-state index contributed by atoms with van der Waals surface area (Å²) in [6, 6.07) is 0. The van der Waals surface area contributed by atoms with Crippen molar-refractivity contribution in [2.45, 2.75) is 0 Å². The van der Waals surface area contributed by atoms with Crippen molar-refractivity contribution in [2.24, 2.45) is 0 Å². The first kappa shape index (κ1) is 13.9. The fourth-order valence-corrected chi connectivity index (χ4v) is 0.796. The van der Waals surface area contributed by atoms with Gasteiger partial charge < -0.3 is 15.0 Å². The molecule has 0 bridgehead atoms. The third-order valence-corrected chi connectivity index (χ3v) is 1.69. The second-order valence-electron chi connectivity index (χ2n) is 3.23. The van der Waals surface area contributed by atoms with Crippen LogP contribution >= 0.6 is 0 Å². The predicted octanol–water partition coefficient (Wildman–Crippen LogP) is -1.57. The van der Waals surface area contributed by atoms with E-state index in [0.717, 1.165) is 0 Å². The largest absolute Gasteiger partial charge is 0.383 e. The van der Waals surface area contributed by atoms with Crippen molar-refractivity contribution in [3.8, 4) is 0 Å². The van der Waals surface area contributed by atoms with Crippen LogP contribution in [0.5, 0.6) is 0 Å². The summed E-state index contributed by atoms with van der Waals surface area (Å²) in [5, 5.41) is 5.38. The van der Waals surface area contributed by atoms with Gasteiger partial charge in [-0.3, -0.25) is 14.9 Å². The number of carbonyl (C=O) groups excluding carboxylic acids is 2. The number of rotatable bonds is 7. The van der Waals surface area contributed by atoms with Gasteiger partial charge in [0.05, 0.1) is 19.7 Å². The molecule has 0 heterocycles. The van der Waals surface area contributed by atoms with E-state index in [4.69, 9.17) is 4.74 Å². The zero-order valence-corrected chi connectivity index (χ0v) is 9.50. The number of hydrogen-bond acceptors (Lipinski definition) is 4. The molecule has 0 rings (SSSR count). The highest BCUT2D eigenvalue weighted by molar-refractivity contribution is 5.80. The van der Waals surface area contributed by atoms with Gasteiger partial charge in [0.25, 0.3) is 0 Å². The van der Waals surface area contributed by atoms with E-state index in [1.165, 1.54) is 4.90 Å².